The van der Waals surface area contributed by atoms with Crippen LogP contribution in [0.5, 0.6) is 0 Å². The normalized spacial score (nSPS) is 30.4. The predicted molar refractivity (Wildman–Crippen MR) is 148 cm³/mol. The van der Waals surface area contributed by atoms with E-state index < -0.39 is 33.7 Å². The number of rotatable bonds is 15. The highest BCUT2D eigenvalue weighted by Gasteiger charge is 2.39. The number of hydrogen-bond acceptors (Lipinski definition) is 4. The second-order valence-electron chi connectivity index (χ2n) is 12.6. The molecule has 6 unspecified atom stereocenters. The number of carboxylic acids is 1. The minimum absolute atomic E-state index is 0.0170. The van der Waals surface area contributed by atoms with Gasteiger partial charge < -0.3 is 19.3 Å². The molecule has 5 nitrogen and oxygen atoms in total. The van der Waals surface area contributed by atoms with Crippen LogP contribution in [0.4, 0.5) is 0 Å². The lowest BCUT2D eigenvalue weighted by atomic mass is 9.87. The third-order valence-corrected chi connectivity index (χ3v) is 13.0. The summed E-state index contributed by atoms with van der Waals surface area (Å²) in [5.74, 6) is -0.744. The molecule has 2 N–H and O–H groups in total. The molecule has 2 rings (SSSR count). The smallest absolute Gasteiger partial charge is 0.309 e. The summed E-state index contributed by atoms with van der Waals surface area (Å²) >= 11 is -1.61. The molecule has 0 amide bonds. The van der Waals surface area contributed by atoms with E-state index in [2.05, 4.69) is 13.8 Å². The highest BCUT2D eigenvalue weighted by atomic mass is 32.2. The molecule has 0 spiro atoms. The Labute approximate surface area is 221 Å². The number of carboxylic acid groups (broad SMARTS) is 1. The van der Waals surface area contributed by atoms with E-state index in [1.807, 2.05) is 0 Å². The molecule has 206 valence electrons. The number of carbonyl (C=O) groups is 1. The van der Waals surface area contributed by atoms with Gasteiger partial charge in [0.15, 0.2) is 0 Å². The first kappa shape index (κ1) is 31.3. The van der Waals surface area contributed by atoms with Crippen LogP contribution in [0.3, 0.4) is 0 Å². The summed E-state index contributed by atoms with van der Waals surface area (Å²) in [7, 11) is 0. The Bertz CT molecular complexity index is 626. The fourth-order valence-corrected chi connectivity index (χ4v) is 9.89. The maximum absolute atomic E-state index is 13.2. The molecule has 2 heterocycles. The second kappa shape index (κ2) is 14.8. The van der Waals surface area contributed by atoms with Crippen molar-refractivity contribution in [3.63, 3.8) is 0 Å². The maximum atomic E-state index is 13.2. The molecule has 0 aromatic rings. The molecule has 0 aliphatic carbocycles. The maximum Gasteiger partial charge on any atom is 0.309 e. The first-order valence-corrected chi connectivity index (χ1v) is 16.6. The zero-order valence-electron chi connectivity index (χ0n) is 22.8. The zero-order valence-corrected chi connectivity index (χ0v) is 24.4. The lowest BCUT2D eigenvalue weighted by molar-refractivity contribution is -0.147. The van der Waals surface area contributed by atoms with E-state index in [9.17, 15) is 24.1 Å². The molecule has 2 aliphatic rings. The molecule has 0 radical (unpaired) electrons. The van der Waals surface area contributed by atoms with Crippen molar-refractivity contribution >= 4 is 28.3 Å². The summed E-state index contributed by atoms with van der Waals surface area (Å²) in [5, 5.41) is 19.8. The summed E-state index contributed by atoms with van der Waals surface area (Å²) in [4.78, 5) is 11.3. The van der Waals surface area contributed by atoms with Gasteiger partial charge >= 0.3 is 5.97 Å². The van der Waals surface area contributed by atoms with Crippen LogP contribution in [0, 0.1) is 10.8 Å². The summed E-state index contributed by atoms with van der Waals surface area (Å²) in [5.41, 5.74) is -0.700. The SMILES string of the molecule is CC(C)(CO)CCCCC1CCCC(CCC2CCCC(CCCCC(C)(C)C(=O)O)[S+]2[O-])[S+]1[O-]. The van der Waals surface area contributed by atoms with E-state index in [0.29, 0.717) is 11.7 Å². The van der Waals surface area contributed by atoms with E-state index in [-0.39, 0.29) is 27.8 Å². The van der Waals surface area contributed by atoms with Gasteiger partial charge in [-0.25, -0.2) is 0 Å². The van der Waals surface area contributed by atoms with Gasteiger partial charge in [0.05, 0.1) is 5.41 Å². The van der Waals surface area contributed by atoms with Crippen LogP contribution in [0.15, 0.2) is 0 Å². The van der Waals surface area contributed by atoms with Crippen molar-refractivity contribution in [2.75, 3.05) is 6.61 Å². The van der Waals surface area contributed by atoms with Crippen molar-refractivity contribution in [1.82, 2.24) is 0 Å². The summed E-state index contributed by atoms with van der Waals surface area (Å²) in [6, 6.07) is 0. The van der Waals surface area contributed by atoms with Crippen molar-refractivity contribution in [2.24, 2.45) is 10.8 Å². The van der Waals surface area contributed by atoms with E-state index in [4.69, 9.17) is 0 Å². The fourth-order valence-electron chi connectivity index (χ4n) is 5.67. The number of unbranched alkanes of at least 4 members (excludes halogenated alkanes) is 2. The Kier molecular flexibility index (Phi) is 13.3. The molecule has 2 aliphatic heterocycles. The lowest BCUT2D eigenvalue weighted by Crippen LogP contribution is -2.40. The van der Waals surface area contributed by atoms with Gasteiger partial charge in [-0.15, -0.1) is 0 Å². The molecular weight excluding hydrogens is 480 g/mol. The van der Waals surface area contributed by atoms with Crippen molar-refractivity contribution in [3.05, 3.63) is 0 Å². The number of aliphatic hydroxyl groups excluding tert-OH is 1. The highest BCUT2D eigenvalue weighted by Crippen LogP contribution is 2.36. The summed E-state index contributed by atoms with van der Waals surface area (Å²) in [6.07, 6.45) is 16.0. The Balaban J connectivity index is 1.72. The van der Waals surface area contributed by atoms with E-state index >= 15 is 0 Å². The van der Waals surface area contributed by atoms with Gasteiger partial charge in [0.1, 0.15) is 21.0 Å². The third kappa shape index (κ3) is 10.4. The molecule has 6 atom stereocenters. The number of aliphatic carboxylic acids is 1. The monoisotopic (exact) mass is 532 g/mol. The lowest BCUT2D eigenvalue weighted by Gasteiger charge is -2.36. The molecular formula is C28H52O5S2. The average Bonchev–Trinajstić information content (AvgIpc) is 2.81. The highest BCUT2D eigenvalue weighted by molar-refractivity contribution is 7.93. The van der Waals surface area contributed by atoms with Crippen LogP contribution in [-0.4, -0.2) is 52.9 Å². The van der Waals surface area contributed by atoms with E-state index in [1.54, 1.807) is 13.8 Å². The molecule has 2 saturated heterocycles. The third-order valence-electron chi connectivity index (χ3n) is 8.44. The van der Waals surface area contributed by atoms with Crippen molar-refractivity contribution in [2.45, 2.75) is 151 Å². The van der Waals surface area contributed by atoms with Crippen LogP contribution < -0.4 is 0 Å². The van der Waals surface area contributed by atoms with Gasteiger partial charge in [0.25, 0.3) is 0 Å². The van der Waals surface area contributed by atoms with E-state index in [0.717, 1.165) is 96.3 Å². The Morgan fingerprint density at radius 3 is 1.54 bits per heavy atom. The molecule has 0 aromatic heterocycles. The summed E-state index contributed by atoms with van der Waals surface area (Å²) in [6.45, 7) is 7.98. The minimum Gasteiger partial charge on any atom is -0.616 e. The van der Waals surface area contributed by atoms with Gasteiger partial charge in [-0.3, -0.25) is 4.79 Å². The predicted octanol–water partition coefficient (Wildman–Crippen LogP) is 6.36. The van der Waals surface area contributed by atoms with Gasteiger partial charge in [0.2, 0.25) is 0 Å². The van der Waals surface area contributed by atoms with Gasteiger partial charge in [0, 0.05) is 6.61 Å². The zero-order chi connectivity index (χ0) is 26.1. The molecule has 35 heavy (non-hydrogen) atoms. The number of hydrogen-bond donors (Lipinski definition) is 2. The molecule has 0 bridgehead atoms. The van der Waals surface area contributed by atoms with Crippen LogP contribution in [0.2, 0.25) is 0 Å². The average molecular weight is 533 g/mol. The number of aliphatic hydroxyl groups is 1. The fraction of sp³-hybridized carbons (Fsp3) is 0.964. The van der Waals surface area contributed by atoms with Gasteiger partial charge in [-0.05, 0) is 132 Å². The molecule has 7 heteroatoms. The first-order chi connectivity index (χ1) is 16.5. The summed E-state index contributed by atoms with van der Waals surface area (Å²) < 4.78 is 26.5. The Morgan fingerprint density at radius 2 is 1.14 bits per heavy atom. The molecule has 2 fully saturated rings. The molecule has 0 aromatic carbocycles. The van der Waals surface area contributed by atoms with Crippen LogP contribution in [-0.2, 0) is 27.1 Å². The standard InChI is InChI=1S/C28H52O5S2/c1-27(2,21-29)19-7-5-11-22-13-9-15-24(34(22)32)17-18-25-16-10-14-23(35(25)33)12-6-8-20-28(3,4)26(30)31/h22-25,29H,5-21H2,1-4H3,(H,30,31). The largest absolute Gasteiger partial charge is 0.616 e. The van der Waals surface area contributed by atoms with Gasteiger partial charge in [-0.2, -0.15) is 0 Å². The van der Waals surface area contributed by atoms with Crippen molar-refractivity contribution in [1.29, 1.82) is 0 Å². The Hall–Kier alpha value is 0.0500. The van der Waals surface area contributed by atoms with E-state index in [1.165, 1.54) is 0 Å². The van der Waals surface area contributed by atoms with Crippen molar-refractivity contribution < 1.29 is 24.1 Å². The Morgan fingerprint density at radius 1 is 0.743 bits per heavy atom. The van der Waals surface area contributed by atoms with Crippen LogP contribution in [0.25, 0.3) is 0 Å². The van der Waals surface area contributed by atoms with Gasteiger partial charge in [-0.1, -0.05) is 26.7 Å². The van der Waals surface area contributed by atoms with Crippen LogP contribution in [0.1, 0.15) is 130 Å². The first-order valence-electron chi connectivity index (χ1n) is 14.1. The second-order valence-corrected chi connectivity index (χ2v) is 16.6. The topological polar surface area (TPSA) is 104 Å². The minimum atomic E-state index is -0.825. The van der Waals surface area contributed by atoms with Crippen LogP contribution >= 0.6 is 0 Å². The molecule has 0 saturated carbocycles. The quantitative estimate of drug-likeness (QED) is 0.189. The van der Waals surface area contributed by atoms with Crippen molar-refractivity contribution in [3.8, 4) is 0 Å².